The molecule has 30 heavy (non-hydrogen) atoms. The molecule has 0 aliphatic heterocycles. The highest BCUT2D eigenvalue weighted by Gasteiger charge is 2.19. The van der Waals surface area contributed by atoms with Crippen LogP contribution in [0.3, 0.4) is 0 Å². The average Bonchev–Trinajstić information content (AvgIpc) is 3.14. The number of carboxylic acid groups (broad SMARTS) is 1. The van der Waals surface area contributed by atoms with Gasteiger partial charge in [0, 0.05) is 5.92 Å². The number of nitrogens with zero attached hydrogens (tertiary/aromatic N) is 1. The first kappa shape index (κ1) is 21.9. The maximum absolute atomic E-state index is 10.9. The molecule has 0 spiro atoms. The summed E-state index contributed by atoms with van der Waals surface area (Å²) in [7, 11) is 0. The summed E-state index contributed by atoms with van der Waals surface area (Å²) >= 11 is 6.11. The lowest BCUT2D eigenvalue weighted by atomic mass is 9.93. The molecule has 7 heteroatoms. The monoisotopic (exact) mass is 428 g/mol. The maximum Gasteiger partial charge on any atom is 0.335 e. The van der Waals surface area contributed by atoms with Crippen molar-refractivity contribution in [3.8, 4) is 5.75 Å². The first-order chi connectivity index (χ1) is 14.5. The van der Waals surface area contributed by atoms with E-state index in [2.05, 4.69) is 16.9 Å². The van der Waals surface area contributed by atoms with Gasteiger partial charge in [-0.25, -0.2) is 9.78 Å². The third-order valence-corrected chi connectivity index (χ3v) is 5.28. The number of unbranched alkanes of at least 4 members (excludes halogenated alkanes) is 1. The van der Waals surface area contributed by atoms with E-state index >= 15 is 0 Å². The smallest absolute Gasteiger partial charge is 0.335 e. The summed E-state index contributed by atoms with van der Waals surface area (Å²) in [6, 6.07) is 14.5. The molecule has 158 valence electrons. The van der Waals surface area contributed by atoms with Crippen LogP contribution in [0.5, 0.6) is 5.75 Å². The van der Waals surface area contributed by atoms with Gasteiger partial charge in [-0.05, 0) is 41.8 Å². The number of halogens is 1. The predicted octanol–water partition coefficient (Wildman–Crippen LogP) is 5.15. The van der Waals surface area contributed by atoms with Crippen LogP contribution < -0.4 is 4.74 Å². The lowest BCUT2D eigenvalue weighted by molar-refractivity contribution is 0.0697. The normalized spacial score (nSPS) is 12.0. The van der Waals surface area contributed by atoms with Crippen LogP contribution in [0, 0.1) is 0 Å². The molecule has 3 rings (SSSR count). The van der Waals surface area contributed by atoms with Crippen LogP contribution >= 0.6 is 11.6 Å². The fraction of sp³-hybridized carbons (Fsp3) is 0.304. The molecule has 0 saturated carbocycles. The second-order valence-corrected chi connectivity index (χ2v) is 7.46. The van der Waals surface area contributed by atoms with Gasteiger partial charge in [0.1, 0.15) is 18.2 Å². The Hall–Kier alpha value is -2.83. The number of aromatic carboxylic acids is 1. The molecule has 0 amide bonds. The molecular formula is C23H25ClN2O4. The largest absolute Gasteiger partial charge is 0.489 e. The topological polar surface area (TPSA) is 95.4 Å². The van der Waals surface area contributed by atoms with Gasteiger partial charge in [-0.3, -0.25) is 0 Å². The van der Waals surface area contributed by atoms with Crippen molar-refractivity contribution in [2.24, 2.45) is 0 Å². The van der Waals surface area contributed by atoms with Crippen molar-refractivity contribution in [2.75, 3.05) is 0 Å². The number of nitrogens with one attached hydrogen (secondary N) is 1. The fourth-order valence-electron chi connectivity index (χ4n) is 3.25. The Morgan fingerprint density at radius 2 is 1.87 bits per heavy atom. The molecule has 2 aromatic carbocycles. The molecule has 1 heterocycles. The second-order valence-electron chi connectivity index (χ2n) is 7.10. The van der Waals surface area contributed by atoms with Gasteiger partial charge in [-0.1, -0.05) is 55.6 Å². The molecule has 0 radical (unpaired) electrons. The standard InChI is InChI=1S/C23H25ClN2O4/c1-2-3-4-19(22-25-20(13-27)21(24)26-22)16-9-11-18(12-10-16)30-14-15-5-7-17(8-6-15)23(28)29/h5-12,19,27H,2-4,13-14H2,1H3,(H,25,26)(H,28,29). The van der Waals surface area contributed by atoms with Crippen LogP contribution in [0.25, 0.3) is 0 Å². The van der Waals surface area contributed by atoms with E-state index in [0.717, 1.165) is 42.0 Å². The number of hydrogen-bond acceptors (Lipinski definition) is 4. The summed E-state index contributed by atoms with van der Waals surface area (Å²) in [5.74, 6) is 0.591. The van der Waals surface area contributed by atoms with Crippen LogP contribution in [0.15, 0.2) is 48.5 Å². The fourth-order valence-corrected chi connectivity index (χ4v) is 3.45. The van der Waals surface area contributed by atoms with Crippen LogP contribution in [-0.4, -0.2) is 26.2 Å². The lowest BCUT2D eigenvalue weighted by Crippen LogP contribution is -2.04. The van der Waals surface area contributed by atoms with E-state index in [1.807, 2.05) is 24.3 Å². The average molecular weight is 429 g/mol. The van der Waals surface area contributed by atoms with Crippen molar-refractivity contribution in [3.05, 3.63) is 81.9 Å². The van der Waals surface area contributed by atoms with Crippen molar-refractivity contribution in [3.63, 3.8) is 0 Å². The van der Waals surface area contributed by atoms with E-state index in [0.29, 0.717) is 17.5 Å². The first-order valence-corrected chi connectivity index (χ1v) is 10.3. The predicted molar refractivity (Wildman–Crippen MR) is 115 cm³/mol. The highest BCUT2D eigenvalue weighted by molar-refractivity contribution is 6.30. The Morgan fingerprint density at radius 1 is 1.17 bits per heavy atom. The molecule has 3 N–H and O–H groups in total. The Bertz CT molecular complexity index is 968. The number of benzene rings is 2. The first-order valence-electron chi connectivity index (χ1n) is 9.92. The van der Waals surface area contributed by atoms with Crippen LogP contribution in [-0.2, 0) is 13.2 Å². The summed E-state index contributed by atoms with van der Waals surface area (Å²) in [5.41, 5.74) is 2.77. The minimum Gasteiger partial charge on any atom is -0.489 e. The number of imidazole rings is 1. The van der Waals surface area contributed by atoms with Gasteiger partial charge in [0.2, 0.25) is 0 Å². The van der Waals surface area contributed by atoms with Gasteiger partial charge >= 0.3 is 5.97 Å². The molecule has 0 fully saturated rings. The Morgan fingerprint density at radius 3 is 2.43 bits per heavy atom. The number of carbonyl (C=O) groups is 1. The Balaban J connectivity index is 1.70. The summed E-state index contributed by atoms with van der Waals surface area (Å²) in [6.07, 6.45) is 3.03. The minimum atomic E-state index is -0.945. The highest BCUT2D eigenvalue weighted by atomic mass is 35.5. The zero-order valence-electron chi connectivity index (χ0n) is 16.8. The van der Waals surface area contributed by atoms with E-state index in [4.69, 9.17) is 21.4 Å². The van der Waals surface area contributed by atoms with Crippen LogP contribution in [0.2, 0.25) is 5.15 Å². The van der Waals surface area contributed by atoms with Crippen molar-refractivity contribution >= 4 is 17.6 Å². The Kier molecular flexibility index (Phi) is 7.49. The van der Waals surface area contributed by atoms with E-state index in [1.165, 1.54) is 0 Å². The summed E-state index contributed by atoms with van der Waals surface area (Å²) < 4.78 is 5.83. The van der Waals surface area contributed by atoms with Crippen molar-refractivity contribution in [1.29, 1.82) is 0 Å². The van der Waals surface area contributed by atoms with E-state index < -0.39 is 5.97 Å². The Labute approximate surface area is 180 Å². The van der Waals surface area contributed by atoms with Gasteiger partial charge in [-0.15, -0.1) is 0 Å². The highest BCUT2D eigenvalue weighted by Crippen LogP contribution is 2.31. The molecule has 0 aliphatic rings. The number of carboxylic acids is 1. The van der Waals surface area contributed by atoms with Gasteiger partial charge in [0.05, 0.1) is 17.9 Å². The number of hydrogen-bond donors (Lipinski definition) is 3. The lowest BCUT2D eigenvalue weighted by Gasteiger charge is -2.16. The third kappa shape index (κ3) is 5.40. The van der Waals surface area contributed by atoms with Crippen LogP contribution in [0.4, 0.5) is 0 Å². The van der Waals surface area contributed by atoms with E-state index in [1.54, 1.807) is 24.3 Å². The molecular weight excluding hydrogens is 404 g/mol. The SMILES string of the molecule is CCCCC(c1ccc(OCc2ccc(C(=O)O)cc2)cc1)c1nc(Cl)c(CO)[nH]1. The van der Waals surface area contributed by atoms with Gasteiger partial charge in [0.25, 0.3) is 0 Å². The van der Waals surface area contributed by atoms with Crippen molar-refractivity contribution < 1.29 is 19.7 Å². The minimum absolute atomic E-state index is 0.0559. The summed E-state index contributed by atoms with van der Waals surface area (Å²) in [5, 5.41) is 18.7. The van der Waals surface area contributed by atoms with E-state index in [9.17, 15) is 9.90 Å². The van der Waals surface area contributed by atoms with Gasteiger partial charge in [-0.2, -0.15) is 0 Å². The molecule has 1 aromatic heterocycles. The van der Waals surface area contributed by atoms with Crippen LogP contribution in [0.1, 0.15) is 65.1 Å². The number of H-pyrrole nitrogens is 1. The van der Waals surface area contributed by atoms with Gasteiger partial charge in [0.15, 0.2) is 5.15 Å². The maximum atomic E-state index is 10.9. The molecule has 3 aromatic rings. The number of aliphatic hydroxyl groups excluding tert-OH is 1. The molecule has 0 saturated heterocycles. The number of ether oxygens (including phenoxy) is 1. The molecule has 6 nitrogen and oxygen atoms in total. The number of aromatic nitrogens is 2. The van der Waals surface area contributed by atoms with Crippen molar-refractivity contribution in [2.45, 2.75) is 45.3 Å². The summed E-state index contributed by atoms with van der Waals surface area (Å²) in [4.78, 5) is 18.5. The molecule has 1 unspecified atom stereocenters. The van der Waals surface area contributed by atoms with E-state index in [-0.39, 0.29) is 18.1 Å². The molecule has 0 bridgehead atoms. The quantitative estimate of drug-likeness (QED) is 0.414. The van der Waals surface area contributed by atoms with Crippen molar-refractivity contribution in [1.82, 2.24) is 9.97 Å². The number of aromatic amines is 1. The second kappa shape index (κ2) is 10.3. The number of aliphatic hydroxyl groups is 1. The van der Waals surface area contributed by atoms with Gasteiger partial charge < -0.3 is 19.9 Å². The number of rotatable bonds is 10. The zero-order valence-corrected chi connectivity index (χ0v) is 17.5. The molecule has 1 atom stereocenters. The molecule has 0 aliphatic carbocycles. The zero-order chi connectivity index (χ0) is 21.5. The summed E-state index contributed by atoms with van der Waals surface area (Å²) in [6.45, 7) is 2.32. The third-order valence-electron chi connectivity index (χ3n) is 4.97.